The van der Waals surface area contributed by atoms with Crippen LogP contribution in [0.25, 0.3) is 0 Å². The highest BCUT2D eigenvalue weighted by molar-refractivity contribution is 7.11. The van der Waals surface area contributed by atoms with Crippen LogP contribution in [0.2, 0.25) is 0 Å². The van der Waals surface area contributed by atoms with Crippen molar-refractivity contribution in [3.8, 4) is 0 Å². The number of likely N-dealkylation sites (tertiary alicyclic amines) is 1. The van der Waals surface area contributed by atoms with Crippen molar-refractivity contribution in [3.63, 3.8) is 0 Å². The molecule has 1 spiro atoms. The lowest BCUT2D eigenvalue weighted by Crippen LogP contribution is -2.59. The van der Waals surface area contributed by atoms with Crippen LogP contribution in [0.4, 0.5) is 0 Å². The largest absolute Gasteiger partial charge is 0.361 e. The van der Waals surface area contributed by atoms with Crippen LogP contribution in [0.3, 0.4) is 0 Å². The van der Waals surface area contributed by atoms with Gasteiger partial charge < -0.3 is 9.64 Å². The molecule has 2 aliphatic heterocycles. The Hall–Kier alpha value is -2.06. The van der Waals surface area contributed by atoms with Crippen molar-refractivity contribution in [1.29, 1.82) is 0 Å². The van der Waals surface area contributed by atoms with Gasteiger partial charge in [0.25, 0.3) is 5.91 Å². The molecule has 1 amide bonds. The number of carbonyl (C=O) groups is 1. The number of hydrogen-bond donors (Lipinski definition) is 0. The van der Waals surface area contributed by atoms with E-state index in [1.807, 2.05) is 28.5 Å². The Labute approximate surface area is 184 Å². The van der Waals surface area contributed by atoms with Crippen LogP contribution in [-0.2, 0) is 22.6 Å². The first kappa shape index (κ1) is 19.9. The van der Waals surface area contributed by atoms with Gasteiger partial charge in [0.1, 0.15) is 0 Å². The van der Waals surface area contributed by atoms with Crippen LogP contribution >= 0.6 is 22.7 Å². The summed E-state index contributed by atoms with van der Waals surface area (Å²) in [6.45, 7) is 6.24. The van der Waals surface area contributed by atoms with Crippen LogP contribution in [0, 0.1) is 6.92 Å². The molecule has 0 radical (unpaired) electrons. The van der Waals surface area contributed by atoms with Gasteiger partial charge in [0, 0.05) is 60.8 Å². The molecule has 156 valence electrons. The van der Waals surface area contributed by atoms with Crippen molar-refractivity contribution in [2.75, 3.05) is 26.2 Å². The van der Waals surface area contributed by atoms with E-state index < -0.39 is 5.60 Å². The summed E-state index contributed by atoms with van der Waals surface area (Å²) >= 11 is 3.49. The molecule has 30 heavy (non-hydrogen) atoms. The number of amides is 1. The van der Waals surface area contributed by atoms with Crippen LogP contribution in [0.5, 0.6) is 0 Å². The zero-order chi connectivity index (χ0) is 20.6. The number of nitrogens with zero attached hydrogens (tertiary/aromatic N) is 3. The standard InChI is InChI=1S/C23H25N3O2S2/c1-17-4-5-20(30-17)13-25-14-21(19-3-2-7-24-11-19)23(16-25)22(27)26(8-9-28-23)12-18-6-10-29-15-18/h2-7,10-11,15,21H,8-9,12-14,16H2,1H3/t21-,23-/m0/s1. The van der Waals surface area contributed by atoms with E-state index >= 15 is 0 Å². The Bertz CT molecular complexity index is 1000. The molecule has 5 heterocycles. The van der Waals surface area contributed by atoms with Gasteiger partial charge in [0.2, 0.25) is 0 Å². The molecule has 2 atom stereocenters. The normalized spacial score (nSPS) is 24.8. The molecule has 2 fully saturated rings. The first-order chi connectivity index (χ1) is 14.6. The van der Waals surface area contributed by atoms with Gasteiger partial charge in [-0.15, -0.1) is 11.3 Å². The minimum atomic E-state index is -0.844. The second-order valence-corrected chi connectivity index (χ2v) is 10.3. The fraction of sp³-hybridized carbons (Fsp3) is 0.391. The van der Waals surface area contributed by atoms with Crippen LogP contribution in [0.1, 0.15) is 26.8 Å². The van der Waals surface area contributed by atoms with Crippen molar-refractivity contribution in [3.05, 3.63) is 74.4 Å². The van der Waals surface area contributed by atoms with E-state index in [2.05, 4.69) is 51.8 Å². The number of aryl methyl sites for hydroxylation is 1. The Morgan fingerprint density at radius 1 is 1.27 bits per heavy atom. The van der Waals surface area contributed by atoms with Crippen molar-refractivity contribution < 1.29 is 9.53 Å². The first-order valence-electron chi connectivity index (χ1n) is 10.3. The number of ether oxygens (including phenoxy) is 1. The molecular formula is C23H25N3O2S2. The topological polar surface area (TPSA) is 45.7 Å². The highest BCUT2D eigenvalue weighted by Gasteiger charge is 2.57. The number of thiophene rings is 2. The maximum Gasteiger partial charge on any atom is 0.257 e. The molecular weight excluding hydrogens is 414 g/mol. The third-order valence-electron chi connectivity index (χ3n) is 6.05. The molecule has 0 aromatic carbocycles. The molecule has 3 aromatic heterocycles. The number of hydrogen-bond acceptors (Lipinski definition) is 6. The Morgan fingerprint density at radius 2 is 2.20 bits per heavy atom. The molecule has 2 aliphatic rings. The highest BCUT2D eigenvalue weighted by Crippen LogP contribution is 2.42. The van der Waals surface area contributed by atoms with E-state index in [1.54, 1.807) is 17.5 Å². The summed E-state index contributed by atoms with van der Waals surface area (Å²) in [6, 6.07) is 10.5. The van der Waals surface area contributed by atoms with Gasteiger partial charge in [-0.25, -0.2) is 0 Å². The van der Waals surface area contributed by atoms with Crippen molar-refractivity contribution in [2.45, 2.75) is 31.5 Å². The van der Waals surface area contributed by atoms with Gasteiger partial charge in [-0.2, -0.15) is 11.3 Å². The monoisotopic (exact) mass is 439 g/mol. The predicted molar refractivity (Wildman–Crippen MR) is 120 cm³/mol. The van der Waals surface area contributed by atoms with Crippen LogP contribution in [-0.4, -0.2) is 52.5 Å². The lowest BCUT2D eigenvalue weighted by Gasteiger charge is -2.42. The maximum absolute atomic E-state index is 13.8. The minimum Gasteiger partial charge on any atom is -0.361 e. The number of carbonyl (C=O) groups excluding carboxylic acids is 1. The molecule has 0 bridgehead atoms. The molecule has 0 unspecified atom stereocenters. The quantitative estimate of drug-likeness (QED) is 0.605. The summed E-state index contributed by atoms with van der Waals surface area (Å²) in [4.78, 5) is 25.1. The molecule has 0 N–H and O–H groups in total. The van der Waals surface area contributed by atoms with Crippen LogP contribution < -0.4 is 0 Å². The molecule has 0 saturated carbocycles. The summed E-state index contributed by atoms with van der Waals surface area (Å²) in [5.41, 5.74) is 1.42. The number of pyridine rings is 1. The fourth-order valence-electron chi connectivity index (χ4n) is 4.67. The average molecular weight is 440 g/mol. The maximum atomic E-state index is 13.8. The van der Waals surface area contributed by atoms with Crippen molar-refractivity contribution >= 4 is 28.6 Å². The van der Waals surface area contributed by atoms with Gasteiger partial charge in [-0.3, -0.25) is 14.7 Å². The number of rotatable bonds is 5. The Kier molecular flexibility index (Phi) is 5.45. The summed E-state index contributed by atoms with van der Waals surface area (Å²) in [5, 5.41) is 4.18. The zero-order valence-electron chi connectivity index (χ0n) is 17.0. The lowest BCUT2D eigenvalue weighted by molar-refractivity contribution is -0.173. The van der Waals surface area contributed by atoms with E-state index in [1.165, 1.54) is 15.3 Å². The molecule has 3 aromatic rings. The van der Waals surface area contributed by atoms with E-state index in [0.29, 0.717) is 26.2 Å². The molecule has 2 saturated heterocycles. The van der Waals surface area contributed by atoms with E-state index in [0.717, 1.165) is 18.7 Å². The molecule has 5 nitrogen and oxygen atoms in total. The Morgan fingerprint density at radius 3 is 2.93 bits per heavy atom. The van der Waals surface area contributed by atoms with Crippen molar-refractivity contribution in [2.24, 2.45) is 0 Å². The number of aromatic nitrogens is 1. The lowest BCUT2D eigenvalue weighted by atomic mass is 9.83. The minimum absolute atomic E-state index is 0.0231. The Balaban J connectivity index is 1.45. The van der Waals surface area contributed by atoms with E-state index in [9.17, 15) is 4.79 Å². The second kappa shape index (κ2) is 8.23. The van der Waals surface area contributed by atoms with Gasteiger partial charge in [0.15, 0.2) is 5.60 Å². The van der Waals surface area contributed by atoms with Gasteiger partial charge in [0.05, 0.1) is 6.61 Å². The summed E-state index contributed by atoms with van der Waals surface area (Å²) in [6.07, 6.45) is 3.67. The predicted octanol–water partition coefficient (Wildman–Crippen LogP) is 3.91. The summed E-state index contributed by atoms with van der Waals surface area (Å²) < 4.78 is 6.37. The van der Waals surface area contributed by atoms with Gasteiger partial charge >= 0.3 is 0 Å². The van der Waals surface area contributed by atoms with Crippen molar-refractivity contribution in [1.82, 2.24) is 14.8 Å². The molecule has 7 heteroatoms. The fourth-order valence-corrected chi connectivity index (χ4v) is 6.26. The summed E-state index contributed by atoms with van der Waals surface area (Å²) in [5.74, 6) is 0.0868. The summed E-state index contributed by atoms with van der Waals surface area (Å²) in [7, 11) is 0. The number of morpholine rings is 1. The van der Waals surface area contributed by atoms with E-state index in [4.69, 9.17) is 4.74 Å². The smallest absolute Gasteiger partial charge is 0.257 e. The first-order valence-corrected chi connectivity index (χ1v) is 12.0. The van der Waals surface area contributed by atoms with Crippen LogP contribution in [0.15, 0.2) is 53.5 Å². The third kappa shape index (κ3) is 3.71. The second-order valence-electron chi connectivity index (χ2n) is 8.12. The zero-order valence-corrected chi connectivity index (χ0v) is 18.6. The molecule has 0 aliphatic carbocycles. The average Bonchev–Trinajstić information content (AvgIpc) is 3.48. The molecule has 5 rings (SSSR count). The highest BCUT2D eigenvalue weighted by atomic mass is 32.1. The SMILES string of the molecule is Cc1ccc(CN2C[C@@H](c3cccnc3)[C@]3(C2)OCCN(Cc2ccsc2)C3=O)s1. The van der Waals surface area contributed by atoms with Gasteiger partial charge in [-0.05, 0) is 53.1 Å². The van der Waals surface area contributed by atoms with Gasteiger partial charge in [-0.1, -0.05) is 6.07 Å². The third-order valence-corrected chi connectivity index (χ3v) is 7.77. The van der Waals surface area contributed by atoms with E-state index in [-0.39, 0.29) is 11.8 Å².